The summed E-state index contributed by atoms with van der Waals surface area (Å²) in [5.41, 5.74) is 12.8. The zero-order chi connectivity index (χ0) is 31.4. The number of aromatic amines is 1. The molecular formula is C32H25FN10. The Morgan fingerprint density at radius 1 is 0.791 bits per heavy atom. The lowest BCUT2D eigenvalue weighted by Crippen LogP contribution is -2.22. The van der Waals surface area contributed by atoms with Crippen LogP contribution in [0.4, 0.5) is 10.2 Å². The van der Waals surface area contributed by atoms with Crippen molar-refractivity contribution in [2.45, 2.75) is 39.5 Å². The molecule has 0 bridgehead atoms. The summed E-state index contributed by atoms with van der Waals surface area (Å²) in [5, 5.41) is 41.5. The molecule has 0 saturated carbocycles. The molecule has 2 aromatic carbocycles. The molecule has 0 aliphatic carbocycles. The fourth-order valence-corrected chi connectivity index (χ4v) is 5.25. The summed E-state index contributed by atoms with van der Waals surface area (Å²) in [6.07, 6.45) is 0. The van der Waals surface area contributed by atoms with Crippen LogP contribution in [-0.2, 0) is 0 Å². The number of nitrogen functional groups attached to an aromatic ring is 1. The molecule has 3 heterocycles. The minimum atomic E-state index is -0.612. The van der Waals surface area contributed by atoms with Crippen LogP contribution in [0.2, 0.25) is 0 Å². The Balaban J connectivity index is 0.000000197. The highest BCUT2D eigenvalue weighted by molar-refractivity contribution is 5.89. The van der Waals surface area contributed by atoms with Crippen LogP contribution in [0.5, 0.6) is 0 Å². The fraction of sp³-hybridized carbons (Fsp3) is 0.188. The molecule has 0 spiro atoms. The van der Waals surface area contributed by atoms with Crippen molar-refractivity contribution in [3.05, 3.63) is 127 Å². The molecule has 0 amide bonds. The summed E-state index contributed by atoms with van der Waals surface area (Å²) in [5.74, 6) is -1.14. The maximum absolute atomic E-state index is 13.5. The van der Waals surface area contributed by atoms with Crippen molar-refractivity contribution in [1.29, 1.82) is 15.8 Å². The van der Waals surface area contributed by atoms with Crippen LogP contribution in [-0.4, -0.2) is 10.2 Å². The van der Waals surface area contributed by atoms with Gasteiger partial charge in [0, 0.05) is 28.2 Å². The number of aromatic nitrogens is 2. The van der Waals surface area contributed by atoms with E-state index in [1.165, 1.54) is 18.2 Å². The fourth-order valence-electron chi connectivity index (χ4n) is 5.25. The summed E-state index contributed by atoms with van der Waals surface area (Å²) < 4.78 is 13.5. The van der Waals surface area contributed by atoms with E-state index in [9.17, 15) is 14.9 Å². The van der Waals surface area contributed by atoms with Crippen LogP contribution in [0.25, 0.3) is 20.6 Å². The van der Waals surface area contributed by atoms with Crippen molar-refractivity contribution in [2.24, 2.45) is 0 Å². The topological polar surface area (TPSA) is 159 Å². The van der Waals surface area contributed by atoms with Gasteiger partial charge in [0.15, 0.2) is 17.2 Å². The molecule has 2 aliphatic heterocycles. The third kappa shape index (κ3) is 5.38. The van der Waals surface area contributed by atoms with Gasteiger partial charge >= 0.3 is 0 Å². The van der Waals surface area contributed by atoms with Crippen molar-refractivity contribution in [1.82, 2.24) is 20.8 Å². The smallest absolute Gasteiger partial charge is 0.196 e. The second-order valence-electron chi connectivity index (χ2n) is 9.93. The number of hydrogen-bond donors (Lipinski definition) is 4. The maximum atomic E-state index is 13.5. The number of rotatable bonds is 2. The number of nitriles is 3. The van der Waals surface area contributed by atoms with E-state index >= 15 is 0 Å². The van der Waals surface area contributed by atoms with Crippen molar-refractivity contribution < 1.29 is 4.39 Å². The van der Waals surface area contributed by atoms with Crippen LogP contribution < -0.4 is 16.4 Å². The number of H-pyrrole nitrogens is 1. The van der Waals surface area contributed by atoms with Gasteiger partial charge < -0.3 is 16.4 Å². The van der Waals surface area contributed by atoms with Gasteiger partial charge in [0.05, 0.1) is 59.3 Å². The Morgan fingerprint density at radius 3 is 1.79 bits per heavy atom. The third-order valence-corrected chi connectivity index (χ3v) is 7.33. The van der Waals surface area contributed by atoms with Crippen LogP contribution in [0, 0.1) is 53.0 Å². The molecule has 3 aromatic rings. The average Bonchev–Trinajstić information content (AvgIpc) is 3.36. The Kier molecular flexibility index (Phi) is 8.29. The van der Waals surface area contributed by atoms with Crippen LogP contribution in [0.1, 0.15) is 56.2 Å². The summed E-state index contributed by atoms with van der Waals surface area (Å²) in [6.45, 7) is 22.0. The molecule has 2 atom stereocenters. The summed E-state index contributed by atoms with van der Waals surface area (Å²) in [6, 6.07) is 15.9. The number of benzene rings is 2. The molecule has 43 heavy (non-hydrogen) atoms. The minimum Gasteiger partial charge on any atom is -0.382 e. The third-order valence-electron chi connectivity index (χ3n) is 7.33. The minimum absolute atomic E-state index is 0.0945. The quantitative estimate of drug-likeness (QED) is 0.271. The van der Waals surface area contributed by atoms with E-state index in [1.807, 2.05) is 32.0 Å². The first kappa shape index (κ1) is 29.6. The van der Waals surface area contributed by atoms with E-state index in [0.29, 0.717) is 45.3 Å². The van der Waals surface area contributed by atoms with Crippen molar-refractivity contribution in [3.63, 3.8) is 0 Å². The lowest BCUT2D eigenvalue weighted by atomic mass is 9.84. The molecule has 2 unspecified atom stereocenters. The number of fused-ring (bicyclic) bond motifs is 1. The van der Waals surface area contributed by atoms with Gasteiger partial charge in [-0.2, -0.15) is 20.9 Å². The molecule has 10 nitrogen and oxygen atoms in total. The summed E-state index contributed by atoms with van der Waals surface area (Å²) in [7, 11) is 0. The Bertz CT molecular complexity index is 1930. The zero-order valence-electron chi connectivity index (χ0n) is 23.8. The largest absolute Gasteiger partial charge is 0.382 e. The Morgan fingerprint density at radius 2 is 1.30 bits per heavy atom. The number of anilines is 1. The van der Waals surface area contributed by atoms with E-state index in [-0.39, 0.29) is 11.5 Å². The van der Waals surface area contributed by atoms with Crippen LogP contribution in [0.15, 0.2) is 81.7 Å². The molecule has 5 rings (SSSR count). The molecule has 5 N–H and O–H groups in total. The van der Waals surface area contributed by atoms with Crippen molar-refractivity contribution >= 4 is 16.7 Å². The molecule has 0 fully saturated rings. The van der Waals surface area contributed by atoms with Gasteiger partial charge in [0.25, 0.3) is 0 Å². The normalized spacial score (nSPS) is 17.9. The number of dihydropyridines is 2. The predicted molar refractivity (Wildman–Crippen MR) is 159 cm³/mol. The molecule has 0 radical (unpaired) electrons. The highest BCUT2D eigenvalue weighted by Crippen LogP contribution is 2.40. The van der Waals surface area contributed by atoms with E-state index in [4.69, 9.17) is 24.1 Å². The van der Waals surface area contributed by atoms with Gasteiger partial charge in [-0.15, -0.1) is 0 Å². The molecule has 11 heteroatoms. The van der Waals surface area contributed by atoms with Gasteiger partial charge in [-0.1, -0.05) is 12.1 Å². The summed E-state index contributed by atoms with van der Waals surface area (Å²) in [4.78, 5) is 7.14. The molecule has 0 saturated heterocycles. The molecular weight excluding hydrogens is 543 g/mol. The highest BCUT2D eigenvalue weighted by Gasteiger charge is 2.31. The monoisotopic (exact) mass is 568 g/mol. The van der Waals surface area contributed by atoms with Gasteiger partial charge in [0.1, 0.15) is 11.9 Å². The van der Waals surface area contributed by atoms with Crippen molar-refractivity contribution in [3.8, 4) is 18.2 Å². The number of allylic oxidation sites excluding steroid dienone is 6. The highest BCUT2D eigenvalue weighted by atomic mass is 19.1. The molecule has 210 valence electrons. The van der Waals surface area contributed by atoms with Gasteiger partial charge in [-0.05, 0) is 63.1 Å². The lowest BCUT2D eigenvalue weighted by Gasteiger charge is -2.26. The Labute approximate surface area is 248 Å². The first-order valence-electron chi connectivity index (χ1n) is 12.9. The second-order valence-corrected chi connectivity index (χ2v) is 9.93. The standard InChI is InChI=1S/C16H11FN4.C16H14N6/c1-9-13(8-19)15(16(20-3)10(2)21-9)11-4-5-14(17)12(6-11)7-18;1-8-12(7-17)14(15(19-3)9(2)20-8)10-4-5-13-11(6-10)16(18)22-21-13/h4-6,15,21H,1-2H3;4-6,14,20H,1-2H3,(H3,18,21,22). The van der Waals surface area contributed by atoms with Gasteiger partial charge in [0.2, 0.25) is 0 Å². The number of halogens is 1. The SMILES string of the molecule is [C-]#[N+]C1=C(C)NC(C)=C(C#N)C1c1ccc(F)c(C#N)c1.[C-]#[N+]C1=C(C)NC(C)=C(C#N)C1c1ccc2[nH]nc(N)c2c1. The van der Waals surface area contributed by atoms with E-state index < -0.39 is 11.7 Å². The zero-order valence-corrected chi connectivity index (χ0v) is 23.8. The van der Waals surface area contributed by atoms with Crippen LogP contribution in [0.3, 0.4) is 0 Å². The number of nitrogens with two attached hydrogens (primary N) is 1. The van der Waals surface area contributed by atoms with Crippen LogP contribution >= 0.6 is 0 Å². The first-order valence-corrected chi connectivity index (χ1v) is 12.9. The van der Waals surface area contributed by atoms with E-state index in [0.717, 1.165) is 27.9 Å². The van der Waals surface area contributed by atoms with E-state index in [2.05, 4.69) is 42.7 Å². The molecule has 2 aliphatic rings. The number of hydrogen-bond acceptors (Lipinski definition) is 7. The number of nitrogens with zero attached hydrogens (tertiary/aromatic N) is 6. The van der Waals surface area contributed by atoms with Gasteiger partial charge in [-0.3, -0.25) is 5.10 Å². The summed E-state index contributed by atoms with van der Waals surface area (Å²) >= 11 is 0. The average molecular weight is 569 g/mol. The van der Waals surface area contributed by atoms with Gasteiger partial charge in [-0.25, -0.2) is 14.1 Å². The predicted octanol–water partition coefficient (Wildman–Crippen LogP) is 6.11. The molecule has 1 aromatic heterocycles. The Hall–Kier alpha value is -6.35. The second kappa shape index (κ2) is 12.0. The van der Waals surface area contributed by atoms with E-state index in [1.54, 1.807) is 19.9 Å². The van der Waals surface area contributed by atoms with Crippen molar-refractivity contribution in [2.75, 3.05) is 5.73 Å². The first-order chi connectivity index (χ1) is 20.6. The lowest BCUT2D eigenvalue weighted by molar-refractivity contribution is 0.622. The maximum Gasteiger partial charge on any atom is 0.196 e. The number of nitrogens with one attached hydrogen (secondary N) is 3.